The van der Waals surface area contributed by atoms with Gasteiger partial charge >= 0.3 is 5.97 Å². The predicted molar refractivity (Wildman–Crippen MR) is 70.5 cm³/mol. The van der Waals surface area contributed by atoms with Gasteiger partial charge in [0.05, 0.1) is 26.4 Å². The van der Waals surface area contributed by atoms with Crippen molar-refractivity contribution in [2.45, 2.75) is 45.0 Å². The van der Waals surface area contributed by atoms with Crippen LogP contribution in [0.25, 0.3) is 0 Å². The molecule has 5 heteroatoms. The molecule has 0 aromatic rings. The smallest absolute Gasteiger partial charge is 0.305 e. The molecule has 0 aliphatic carbocycles. The van der Waals surface area contributed by atoms with Crippen molar-refractivity contribution >= 4 is 5.97 Å². The van der Waals surface area contributed by atoms with Crippen molar-refractivity contribution in [1.82, 2.24) is 0 Å². The van der Waals surface area contributed by atoms with Crippen LogP contribution >= 0.6 is 0 Å². The molecule has 1 aliphatic rings. The summed E-state index contributed by atoms with van der Waals surface area (Å²) in [7, 11) is 1.40. The molecule has 3 atom stereocenters. The predicted octanol–water partition coefficient (Wildman–Crippen LogP) is 1.65. The third-order valence-electron chi connectivity index (χ3n) is 3.20. The van der Waals surface area contributed by atoms with Crippen LogP contribution in [0.4, 0.5) is 0 Å². The molecule has 0 bridgehead atoms. The summed E-state index contributed by atoms with van der Waals surface area (Å²) in [5.74, 6) is 0.0230. The number of ether oxygens (including phenoxy) is 3. The Kier molecular flexibility index (Phi) is 7.70. The molecule has 5 nitrogen and oxygen atoms in total. The Morgan fingerprint density at radius 1 is 1.47 bits per heavy atom. The lowest BCUT2D eigenvalue weighted by molar-refractivity contribution is -0.234. The summed E-state index contributed by atoms with van der Waals surface area (Å²) in [6.45, 7) is 2.47. The van der Waals surface area contributed by atoms with Crippen molar-refractivity contribution in [2.24, 2.45) is 5.92 Å². The van der Waals surface area contributed by atoms with Crippen LogP contribution in [-0.4, -0.2) is 43.8 Å². The number of aliphatic hydroxyl groups excluding tert-OH is 1. The third kappa shape index (κ3) is 6.18. The molecular formula is C14H24O5. The van der Waals surface area contributed by atoms with Crippen molar-refractivity contribution in [2.75, 3.05) is 20.3 Å². The Labute approximate surface area is 114 Å². The summed E-state index contributed by atoms with van der Waals surface area (Å²) >= 11 is 0. The molecule has 1 N–H and O–H groups in total. The summed E-state index contributed by atoms with van der Waals surface area (Å²) in [4.78, 5) is 10.9. The van der Waals surface area contributed by atoms with Crippen molar-refractivity contribution in [3.05, 3.63) is 12.2 Å². The van der Waals surface area contributed by atoms with Gasteiger partial charge in [0.15, 0.2) is 6.29 Å². The van der Waals surface area contributed by atoms with E-state index in [9.17, 15) is 9.90 Å². The molecule has 1 rings (SSSR count). The number of allylic oxidation sites excluding steroid dienone is 2. The molecule has 0 aromatic carbocycles. The van der Waals surface area contributed by atoms with E-state index >= 15 is 0 Å². The van der Waals surface area contributed by atoms with E-state index in [1.54, 1.807) is 0 Å². The maximum atomic E-state index is 10.9. The highest BCUT2D eigenvalue weighted by Crippen LogP contribution is 2.21. The first-order valence-electron chi connectivity index (χ1n) is 6.77. The van der Waals surface area contributed by atoms with Crippen molar-refractivity contribution in [3.63, 3.8) is 0 Å². The highest BCUT2D eigenvalue weighted by molar-refractivity contribution is 5.68. The molecule has 0 spiro atoms. The Morgan fingerprint density at radius 2 is 2.26 bits per heavy atom. The van der Waals surface area contributed by atoms with E-state index in [2.05, 4.69) is 16.9 Å². The van der Waals surface area contributed by atoms with Gasteiger partial charge in [-0.15, -0.1) is 0 Å². The van der Waals surface area contributed by atoms with Gasteiger partial charge in [0.2, 0.25) is 0 Å². The van der Waals surface area contributed by atoms with Crippen LogP contribution in [-0.2, 0) is 19.0 Å². The Bertz CT molecular complexity index is 290. The van der Waals surface area contributed by atoms with Crippen LogP contribution in [0.15, 0.2) is 12.2 Å². The topological polar surface area (TPSA) is 65.0 Å². The summed E-state index contributed by atoms with van der Waals surface area (Å²) in [5.41, 5.74) is 0. The molecule has 1 fully saturated rings. The van der Waals surface area contributed by atoms with E-state index in [4.69, 9.17) is 9.47 Å². The van der Waals surface area contributed by atoms with Gasteiger partial charge in [-0.1, -0.05) is 12.2 Å². The Hall–Kier alpha value is -0.910. The van der Waals surface area contributed by atoms with Gasteiger partial charge in [0, 0.05) is 12.3 Å². The third-order valence-corrected chi connectivity index (χ3v) is 3.20. The lowest BCUT2D eigenvalue weighted by Gasteiger charge is -2.33. The van der Waals surface area contributed by atoms with Crippen molar-refractivity contribution < 1.29 is 24.1 Å². The quantitative estimate of drug-likeness (QED) is 0.433. The van der Waals surface area contributed by atoms with E-state index in [0.717, 1.165) is 19.3 Å². The number of rotatable bonds is 7. The average Bonchev–Trinajstić information content (AvgIpc) is 2.43. The van der Waals surface area contributed by atoms with Gasteiger partial charge in [-0.05, 0) is 26.2 Å². The Morgan fingerprint density at radius 3 is 2.95 bits per heavy atom. The second kappa shape index (κ2) is 9.07. The van der Waals surface area contributed by atoms with Crippen LogP contribution in [0, 0.1) is 5.92 Å². The van der Waals surface area contributed by atoms with Gasteiger partial charge in [-0.3, -0.25) is 4.79 Å². The maximum Gasteiger partial charge on any atom is 0.305 e. The van der Waals surface area contributed by atoms with E-state index in [-0.39, 0.29) is 30.9 Å². The zero-order valence-electron chi connectivity index (χ0n) is 11.7. The highest BCUT2D eigenvalue weighted by atomic mass is 16.7. The Balaban J connectivity index is 2.18. The monoisotopic (exact) mass is 272 g/mol. The second-order valence-electron chi connectivity index (χ2n) is 4.69. The molecule has 0 amide bonds. The first kappa shape index (κ1) is 16.1. The van der Waals surface area contributed by atoms with Crippen molar-refractivity contribution in [1.29, 1.82) is 0 Å². The van der Waals surface area contributed by atoms with Crippen LogP contribution < -0.4 is 0 Å². The molecule has 0 saturated carbocycles. The number of hydrogen-bond acceptors (Lipinski definition) is 5. The van der Waals surface area contributed by atoms with Crippen molar-refractivity contribution in [3.8, 4) is 0 Å². The van der Waals surface area contributed by atoms with Gasteiger partial charge in [-0.25, -0.2) is 0 Å². The molecule has 1 saturated heterocycles. The zero-order valence-corrected chi connectivity index (χ0v) is 11.7. The molecular weight excluding hydrogens is 248 g/mol. The fraction of sp³-hybridized carbons (Fsp3) is 0.786. The lowest BCUT2D eigenvalue weighted by atomic mass is 9.98. The molecule has 0 aromatic heterocycles. The molecule has 19 heavy (non-hydrogen) atoms. The number of methoxy groups -OCH3 is 1. The maximum absolute atomic E-state index is 10.9. The molecule has 1 heterocycles. The normalized spacial score (nSPS) is 27.6. The minimum absolute atomic E-state index is 0.0224. The number of hydrogen-bond donors (Lipinski definition) is 1. The van der Waals surface area contributed by atoms with Gasteiger partial charge in [0.25, 0.3) is 0 Å². The van der Waals surface area contributed by atoms with Gasteiger partial charge in [0.1, 0.15) is 0 Å². The van der Waals surface area contributed by atoms with Crippen LogP contribution in [0.1, 0.15) is 32.6 Å². The zero-order chi connectivity index (χ0) is 14.1. The molecule has 0 radical (unpaired) electrons. The highest BCUT2D eigenvalue weighted by Gasteiger charge is 2.28. The number of esters is 1. The van der Waals surface area contributed by atoms with E-state index in [1.165, 1.54) is 7.11 Å². The van der Waals surface area contributed by atoms with Crippen LogP contribution in [0.5, 0.6) is 0 Å². The first-order valence-corrected chi connectivity index (χ1v) is 6.77. The fourth-order valence-electron chi connectivity index (χ4n) is 2.03. The molecule has 110 valence electrons. The minimum Gasteiger partial charge on any atom is -0.469 e. The van der Waals surface area contributed by atoms with E-state index < -0.39 is 0 Å². The molecule has 3 unspecified atom stereocenters. The summed E-state index contributed by atoms with van der Waals surface area (Å²) in [6.07, 6.45) is 6.64. The summed E-state index contributed by atoms with van der Waals surface area (Å²) in [6, 6.07) is 0. The van der Waals surface area contributed by atoms with E-state index in [0.29, 0.717) is 13.0 Å². The fourth-order valence-corrected chi connectivity index (χ4v) is 2.03. The standard InChI is InChI=1S/C14H24O5/c1-11-18-10-12(13(9-15)19-11)7-5-3-4-6-8-14(16)17-2/h3,5,11-13,15H,4,6-10H2,1-2H3/b5-3-. The van der Waals surface area contributed by atoms with Crippen LogP contribution in [0.2, 0.25) is 0 Å². The van der Waals surface area contributed by atoms with Crippen LogP contribution in [0.3, 0.4) is 0 Å². The minimum atomic E-state index is -0.238. The number of carbonyl (C=O) groups is 1. The molecule has 1 aliphatic heterocycles. The largest absolute Gasteiger partial charge is 0.469 e. The summed E-state index contributed by atoms with van der Waals surface area (Å²) in [5, 5.41) is 9.25. The SMILES string of the molecule is COC(=O)CCC/C=C\CC1COC(C)OC1CO. The van der Waals surface area contributed by atoms with E-state index in [1.807, 2.05) is 6.92 Å². The van der Waals surface area contributed by atoms with Gasteiger partial charge in [-0.2, -0.15) is 0 Å². The lowest BCUT2D eigenvalue weighted by Crippen LogP contribution is -2.40. The number of aliphatic hydroxyl groups is 1. The number of carbonyl (C=O) groups excluding carboxylic acids is 1. The summed E-state index contributed by atoms with van der Waals surface area (Å²) < 4.78 is 15.5. The second-order valence-corrected chi connectivity index (χ2v) is 4.69. The number of unbranched alkanes of at least 4 members (excludes halogenated alkanes) is 1. The first-order chi connectivity index (χ1) is 9.17. The van der Waals surface area contributed by atoms with Gasteiger partial charge < -0.3 is 19.3 Å². The average molecular weight is 272 g/mol.